The number of fused-ring (bicyclic) bond motifs is 10. The minimum atomic E-state index is 0.780. The molecule has 6 aromatic carbocycles. The van der Waals surface area contributed by atoms with E-state index in [1.807, 2.05) is 35.1 Å². The van der Waals surface area contributed by atoms with E-state index in [9.17, 15) is 0 Å². The van der Waals surface area contributed by atoms with Gasteiger partial charge in [-0.15, -0.1) is 22.7 Å². The van der Waals surface area contributed by atoms with E-state index < -0.39 is 0 Å². The summed E-state index contributed by atoms with van der Waals surface area (Å²) in [5.74, 6) is 0. The van der Waals surface area contributed by atoms with Gasteiger partial charge in [0.15, 0.2) is 5.58 Å². The zero-order valence-electron chi connectivity index (χ0n) is 23.3. The first-order valence-corrected chi connectivity index (χ1v) is 16.2. The molecule has 4 heterocycles. The van der Waals surface area contributed by atoms with Gasteiger partial charge in [0.2, 0.25) is 0 Å². The van der Waals surface area contributed by atoms with Crippen molar-refractivity contribution in [3.63, 3.8) is 0 Å². The van der Waals surface area contributed by atoms with Gasteiger partial charge in [-0.1, -0.05) is 66.7 Å². The van der Waals surface area contributed by atoms with E-state index in [1.54, 1.807) is 0 Å². The van der Waals surface area contributed by atoms with Gasteiger partial charge in [-0.3, -0.25) is 4.98 Å². The number of hydrogen-bond donors (Lipinski definition) is 0. The summed E-state index contributed by atoms with van der Waals surface area (Å²) in [5, 5.41) is 9.63. The first-order chi connectivity index (χ1) is 21.8. The topological polar surface area (TPSA) is 29.3 Å². The van der Waals surface area contributed by atoms with Crippen molar-refractivity contribution in [3.8, 4) is 0 Å². The van der Waals surface area contributed by atoms with E-state index >= 15 is 0 Å². The Bertz CT molecular complexity index is 2750. The van der Waals surface area contributed by atoms with Crippen molar-refractivity contribution in [2.24, 2.45) is 0 Å². The number of nitrogens with zero attached hydrogens (tertiary/aromatic N) is 2. The molecular weight excluding hydrogens is 577 g/mol. The molecule has 206 valence electrons. The Morgan fingerprint density at radius 2 is 1.11 bits per heavy atom. The third kappa shape index (κ3) is 3.51. The van der Waals surface area contributed by atoms with E-state index in [0.717, 1.165) is 44.4 Å². The van der Waals surface area contributed by atoms with Gasteiger partial charge in [0.1, 0.15) is 5.58 Å². The minimum absolute atomic E-state index is 0.780. The summed E-state index contributed by atoms with van der Waals surface area (Å²) >= 11 is 3.68. The molecule has 0 amide bonds. The lowest BCUT2D eigenvalue weighted by Crippen LogP contribution is -2.10. The summed E-state index contributed by atoms with van der Waals surface area (Å²) in [5.41, 5.74) is 4.82. The van der Waals surface area contributed by atoms with Gasteiger partial charge in [-0.25, -0.2) is 0 Å². The van der Waals surface area contributed by atoms with Crippen LogP contribution in [0.2, 0.25) is 0 Å². The number of furan rings is 1. The van der Waals surface area contributed by atoms with Crippen molar-refractivity contribution in [1.82, 2.24) is 4.98 Å². The van der Waals surface area contributed by atoms with Crippen LogP contribution in [0.4, 0.5) is 17.1 Å². The number of thiophene rings is 2. The monoisotopic (exact) mass is 598 g/mol. The average Bonchev–Trinajstić information content (AvgIpc) is 3.74. The van der Waals surface area contributed by atoms with Gasteiger partial charge in [0, 0.05) is 57.1 Å². The minimum Gasteiger partial charge on any atom is -0.454 e. The Hall–Kier alpha value is -5.23. The third-order valence-corrected chi connectivity index (χ3v) is 11.0. The molecule has 10 aromatic rings. The Kier molecular flexibility index (Phi) is 5.03. The highest BCUT2D eigenvalue weighted by Crippen LogP contribution is 2.46. The summed E-state index contributed by atoms with van der Waals surface area (Å²) in [7, 11) is 0. The van der Waals surface area contributed by atoms with Crippen LogP contribution in [0.25, 0.3) is 73.1 Å². The second-order valence-electron chi connectivity index (χ2n) is 11.2. The maximum absolute atomic E-state index is 6.46. The van der Waals surface area contributed by atoms with Gasteiger partial charge >= 0.3 is 0 Å². The first-order valence-electron chi connectivity index (χ1n) is 14.6. The number of hydrogen-bond acceptors (Lipinski definition) is 5. The van der Waals surface area contributed by atoms with Crippen LogP contribution in [0.5, 0.6) is 0 Å². The molecule has 0 radical (unpaired) electrons. The van der Waals surface area contributed by atoms with E-state index in [0.29, 0.717) is 0 Å². The summed E-state index contributed by atoms with van der Waals surface area (Å²) in [6.45, 7) is 0. The molecule has 0 aliphatic heterocycles. The second-order valence-corrected chi connectivity index (χ2v) is 13.4. The average molecular weight is 599 g/mol. The quantitative estimate of drug-likeness (QED) is 0.203. The Balaban J connectivity index is 1.29. The lowest BCUT2D eigenvalue weighted by atomic mass is 10.0. The fourth-order valence-corrected chi connectivity index (χ4v) is 8.93. The lowest BCUT2D eigenvalue weighted by Gasteiger charge is -2.26. The van der Waals surface area contributed by atoms with Crippen molar-refractivity contribution < 1.29 is 4.42 Å². The molecule has 10 rings (SSSR count). The Morgan fingerprint density at radius 3 is 1.95 bits per heavy atom. The largest absolute Gasteiger partial charge is 0.454 e. The van der Waals surface area contributed by atoms with Crippen molar-refractivity contribution in [2.75, 3.05) is 4.90 Å². The Labute approximate surface area is 259 Å². The van der Waals surface area contributed by atoms with E-state index in [-0.39, 0.29) is 0 Å². The highest BCUT2D eigenvalue weighted by atomic mass is 32.1. The molecule has 0 spiro atoms. The predicted octanol–water partition coefficient (Wildman–Crippen LogP) is 12.3. The van der Waals surface area contributed by atoms with Gasteiger partial charge < -0.3 is 9.32 Å². The van der Waals surface area contributed by atoms with Crippen molar-refractivity contribution >= 4 is 113 Å². The van der Waals surface area contributed by atoms with Gasteiger partial charge in [-0.2, -0.15) is 0 Å². The molecule has 44 heavy (non-hydrogen) atoms. The summed E-state index contributed by atoms with van der Waals surface area (Å²) in [6, 6.07) is 43.9. The number of aromatic nitrogens is 1. The van der Waals surface area contributed by atoms with Crippen LogP contribution in [-0.4, -0.2) is 4.98 Å². The molecule has 5 heteroatoms. The zero-order chi connectivity index (χ0) is 28.8. The highest BCUT2D eigenvalue weighted by molar-refractivity contribution is 7.26. The van der Waals surface area contributed by atoms with E-state index in [2.05, 4.69) is 126 Å². The molecule has 0 N–H and O–H groups in total. The van der Waals surface area contributed by atoms with Crippen LogP contribution in [0, 0.1) is 0 Å². The van der Waals surface area contributed by atoms with Gasteiger partial charge in [0.05, 0.1) is 23.5 Å². The molecular formula is C39H22N2OS2. The lowest BCUT2D eigenvalue weighted by molar-refractivity contribution is 0.667. The molecule has 3 nitrogen and oxygen atoms in total. The summed E-state index contributed by atoms with van der Waals surface area (Å²) in [4.78, 5) is 7.07. The highest BCUT2D eigenvalue weighted by Gasteiger charge is 2.22. The molecule has 0 atom stereocenters. The standard InChI is InChI=1S/C39H22N2OS2/c1-2-8-24-18-33-31(17-23(24)7-1)39-32(21-40-22-34(39)42-33)41(25-14-16-37-30(19-25)28-10-4-6-12-36(28)43-37)26-13-15-29-27-9-3-5-11-35(27)44-38(29)20-26/h1-22H. The third-order valence-electron chi connectivity index (χ3n) is 8.71. The maximum Gasteiger partial charge on any atom is 0.155 e. The molecule has 0 bridgehead atoms. The number of benzene rings is 6. The fraction of sp³-hybridized carbons (Fsp3) is 0. The Morgan fingerprint density at radius 1 is 0.477 bits per heavy atom. The summed E-state index contributed by atoms with van der Waals surface area (Å²) < 4.78 is 11.6. The zero-order valence-corrected chi connectivity index (χ0v) is 25.0. The van der Waals surface area contributed by atoms with Crippen LogP contribution in [0.3, 0.4) is 0 Å². The smallest absolute Gasteiger partial charge is 0.155 e. The van der Waals surface area contributed by atoms with Crippen LogP contribution in [0.15, 0.2) is 138 Å². The number of rotatable bonds is 3. The normalized spacial score (nSPS) is 12.1. The number of pyridine rings is 1. The van der Waals surface area contributed by atoms with Gasteiger partial charge in [0.25, 0.3) is 0 Å². The molecule has 0 fully saturated rings. The van der Waals surface area contributed by atoms with Crippen LogP contribution in [0.1, 0.15) is 0 Å². The van der Waals surface area contributed by atoms with Crippen LogP contribution >= 0.6 is 22.7 Å². The van der Waals surface area contributed by atoms with Crippen LogP contribution in [-0.2, 0) is 0 Å². The fourth-order valence-electron chi connectivity index (χ4n) is 6.70. The van der Waals surface area contributed by atoms with Crippen molar-refractivity contribution in [1.29, 1.82) is 0 Å². The van der Waals surface area contributed by atoms with Crippen LogP contribution < -0.4 is 4.90 Å². The van der Waals surface area contributed by atoms with Gasteiger partial charge in [-0.05, 0) is 65.4 Å². The molecule has 0 saturated carbocycles. The maximum atomic E-state index is 6.46. The van der Waals surface area contributed by atoms with E-state index in [4.69, 9.17) is 9.40 Å². The van der Waals surface area contributed by atoms with Crippen molar-refractivity contribution in [2.45, 2.75) is 0 Å². The number of anilines is 3. The molecule has 0 saturated heterocycles. The van der Waals surface area contributed by atoms with Crippen molar-refractivity contribution in [3.05, 3.63) is 134 Å². The molecule has 0 aliphatic rings. The molecule has 0 unspecified atom stereocenters. The SMILES string of the molecule is c1ccc2cc3c(cc2c1)oc1cncc(N(c2ccc4c(c2)sc2ccccc24)c2ccc4sc5ccccc5c4c2)c13. The van der Waals surface area contributed by atoms with E-state index in [1.165, 1.54) is 45.7 Å². The predicted molar refractivity (Wildman–Crippen MR) is 189 cm³/mol. The summed E-state index contributed by atoms with van der Waals surface area (Å²) in [6.07, 6.45) is 3.82. The molecule has 0 aliphatic carbocycles. The first kappa shape index (κ1) is 24.2. The second kappa shape index (κ2) is 9.13. The molecule has 4 aromatic heterocycles.